The molecule has 1 saturated heterocycles. The molecule has 0 saturated carbocycles. The standard InChI is InChI=1S/C17H25NO3/c1-4-21-12-15-11-14(5-6-16(15)20-3)17(19)18-9-7-13(2)8-10-18/h5-6,11,13H,4,7-10,12H2,1-3H3. The Kier molecular flexibility index (Phi) is 5.62. The lowest BCUT2D eigenvalue weighted by Crippen LogP contribution is -2.37. The minimum Gasteiger partial charge on any atom is -0.496 e. The van der Waals surface area contributed by atoms with Gasteiger partial charge in [0.05, 0.1) is 13.7 Å². The molecule has 1 amide bonds. The van der Waals surface area contributed by atoms with Gasteiger partial charge in [0.1, 0.15) is 5.75 Å². The molecule has 4 nitrogen and oxygen atoms in total. The molecular formula is C17H25NO3. The van der Waals surface area contributed by atoms with E-state index >= 15 is 0 Å². The normalized spacial score (nSPS) is 16.0. The lowest BCUT2D eigenvalue weighted by Gasteiger charge is -2.30. The van der Waals surface area contributed by atoms with E-state index in [1.54, 1.807) is 7.11 Å². The first-order chi connectivity index (χ1) is 10.2. The summed E-state index contributed by atoms with van der Waals surface area (Å²) in [7, 11) is 1.64. The first-order valence-electron chi connectivity index (χ1n) is 7.69. The van der Waals surface area contributed by atoms with Crippen LogP contribution in [0.1, 0.15) is 42.6 Å². The largest absolute Gasteiger partial charge is 0.496 e. The molecule has 0 radical (unpaired) electrons. The molecule has 0 unspecified atom stereocenters. The van der Waals surface area contributed by atoms with Crippen molar-refractivity contribution in [2.75, 3.05) is 26.8 Å². The molecule has 1 heterocycles. The summed E-state index contributed by atoms with van der Waals surface area (Å²) < 4.78 is 10.8. The summed E-state index contributed by atoms with van der Waals surface area (Å²) in [5.41, 5.74) is 1.65. The minimum atomic E-state index is 0.113. The predicted molar refractivity (Wildman–Crippen MR) is 82.6 cm³/mol. The fourth-order valence-corrected chi connectivity index (χ4v) is 2.63. The molecular weight excluding hydrogens is 266 g/mol. The molecule has 0 aliphatic carbocycles. The van der Waals surface area contributed by atoms with Gasteiger partial charge in [0, 0.05) is 30.8 Å². The van der Waals surface area contributed by atoms with Gasteiger partial charge in [-0.15, -0.1) is 0 Å². The topological polar surface area (TPSA) is 38.8 Å². The summed E-state index contributed by atoms with van der Waals surface area (Å²) in [5.74, 6) is 1.60. The van der Waals surface area contributed by atoms with E-state index < -0.39 is 0 Å². The van der Waals surface area contributed by atoms with Gasteiger partial charge in [-0.25, -0.2) is 0 Å². The quantitative estimate of drug-likeness (QED) is 0.836. The molecule has 0 bridgehead atoms. The second kappa shape index (κ2) is 7.46. The molecule has 21 heavy (non-hydrogen) atoms. The molecule has 116 valence electrons. The molecule has 1 aliphatic rings. The van der Waals surface area contributed by atoms with Gasteiger partial charge >= 0.3 is 0 Å². The third-order valence-corrected chi connectivity index (χ3v) is 4.06. The summed E-state index contributed by atoms with van der Waals surface area (Å²) in [6.45, 7) is 7.02. The van der Waals surface area contributed by atoms with Crippen molar-refractivity contribution in [3.8, 4) is 5.75 Å². The fraction of sp³-hybridized carbons (Fsp3) is 0.588. The van der Waals surface area contributed by atoms with E-state index in [-0.39, 0.29) is 5.91 Å². The Bertz CT molecular complexity index is 479. The van der Waals surface area contributed by atoms with Crippen LogP contribution in [0, 0.1) is 5.92 Å². The minimum absolute atomic E-state index is 0.113. The number of nitrogens with zero attached hydrogens (tertiary/aromatic N) is 1. The summed E-state index contributed by atoms with van der Waals surface area (Å²) in [4.78, 5) is 14.5. The van der Waals surface area contributed by atoms with Crippen LogP contribution in [0.2, 0.25) is 0 Å². The predicted octanol–water partition coefficient (Wildman–Crippen LogP) is 3.10. The smallest absolute Gasteiger partial charge is 0.253 e. The molecule has 0 spiro atoms. The van der Waals surface area contributed by atoms with Crippen molar-refractivity contribution in [1.82, 2.24) is 4.90 Å². The summed E-state index contributed by atoms with van der Waals surface area (Å²) in [5, 5.41) is 0. The Morgan fingerprint density at radius 1 is 1.33 bits per heavy atom. The van der Waals surface area contributed by atoms with Crippen molar-refractivity contribution in [3.05, 3.63) is 29.3 Å². The van der Waals surface area contributed by atoms with E-state index in [4.69, 9.17) is 9.47 Å². The number of rotatable bonds is 5. The van der Waals surface area contributed by atoms with Crippen LogP contribution in [0.15, 0.2) is 18.2 Å². The number of methoxy groups -OCH3 is 1. The van der Waals surface area contributed by atoms with Gasteiger partial charge in [0.2, 0.25) is 0 Å². The van der Waals surface area contributed by atoms with Gasteiger partial charge < -0.3 is 14.4 Å². The van der Waals surface area contributed by atoms with Gasteiger partial charge in [-0.05, 0) is 43.9 Å². The zero-order valence-electron chi connectivity index (χ0n) is 13.2. The number of amides is 1. The summed E-state index contributed by atoms with van der Waals surface area (Å²) in [6.07, 6.45) is 2.18. The number of benzene rings is 1. The van der Waals surface area contributed by atoms with E-state index in [9.17, 15) is 4.79 Å². The Hall–Kier alpha value is -1.55. The van der Waals surface area contributed by atoms with Crippen LogP contribution in [0.5, 0.6) is 5.75 Å². The van der Waals surface area contributed by atoms with Crippen molar-refractivity contribution in [3.63, 3.8) is 0 Å². The molecule has 0 atom stereocenters. The van der Waals surface area contributed by atoms with E-state index in [0.717, 1.165) is 48.7 Å². The number of likely N-dealkylation sites (tertiary alicyclic amines) is 1. The van der Waals surface area contributed by atoms with Gasteiger partial charge in [-0.2, -0.15) is 0 Å². The summed E-state index contributed by atoms with van der Waals surface area (Å²) >= 11 is 0. The maximum atomic E-state index is 12.6. The maximum Gasteiger partial charge on any atom is 0.253 e. The van der Waals surface area contributed by atoms with Crippen LogP contribution in [0.3, 0.4) is 0 Å². The van der Waals surface area contributed by atoms with Crippen molar-refractivity contribution in [2.24, 2.45) is 5.92 Å². The van der Waals surface area contributed by atoms with Crippen LogP contribution >= 0.6 is 0 Å². The second-order valence-electron chi connectivity index (χ2n) is 5.64. The number of carbonyl (C=O) groups is 1. The molecule has 1 aliphatic heterocycles. The van der Waals surface area contributed by atoms with E-state index in [1.807, 2.05) is 30.0 Å². The van der Waals surface area contributed by atoms with Crippen molar-refractivity contribution in [2.45, 2.75) is 33.3 Å². The molecule has 4 heteroatoms. The van der Waals surface area contributed by atoms with E-state index in [0.29, 0.717) is 13.2 Å². The van der Waals surface area contributed by atoms with Crippen LogP contribution in [0.4, 0.5) is 0 Å². The highest BCUT2D eigenvalue weighted by molar-refractivity contribution is 5.94. The first-order valence-corrected chi connectivity index (χ1v) is 7.69. The number of hydrogen-bond donors (Lipinski definition) is 0. The summed E-state index contributed by atoms with van der Waals surface area (Å²) in [6, 6.07) is 5.59. The number of piperidine rings is 1. The average molecular weight is 291 g/mol. The molecule has 1 aromatic carbocycles. The number of hydrogen-bond acceptors (Lipinski definition) is 3. The Labute approximate surface area is 127 Å². The third-order valence-electron chi connectivity index (χ3n) is 4.06. The van der Waals surface area contributed by atoms with Crippen molar-refractivity contribution in [1.29, 1.82) is 0 Å². The fourth-order valence-electron chi connectivity index (χ4n) is 2.63. The lowest BCUT2D eigenvalue weighted by atomic mass is 9.98. The van der Waals surface area contributed by atoms with Gasteiger partial charge in [0.15, 0.2) is 0 Å². The monoisotopic (exact) mass is 291 g/mol. The van der Waals surface area contributed by atoms with Crippen LogP contribution in [-0.2, 0) is 11.3 Å². The van der Waals surface area contributed by atoms with Crippen LogP contribution in [-0.4, -0.2) is 37.6 Å². The molecule has 0 aromatic heterocycles. The average Bonchev–Trinajstić information content (AvgIpc) is 2.52. The van der Waals surface area contributed by atoms with Gasteiger partial charge in [-0.3, -0.25) is 4.79 Å². The number of carbonyl (C=O) groups excluding carboxylic acids is 1. The van der Waals surface area contributed by atoms with Gasteiger partial charge in [-0.1, -0.05) is 6.92 Å². The Balaban J connectivity index is 2.13. The molecule has 1 aromatic rings. The highest BCUT2D eigenvalue weighted by Crippen LogP contribution is 2.23. The lowest BCUT2D eigenvalue weighted by molar-refractivity contribution is 0.0696. The maximum absolute atomic E-state index is 12.6. The van der Waals surface area contributed by atoms with Crippen LogP contribution in [0.25, 0.3) is 0 Å². The second-order valence-corrected chi connectivity index (χ2v) is 5.64. The Morgan fingerprint density at radius 2 is 2.05 bits per heavy atom. The van der Waals surface area contributed by atoms with E-state index in [2.05, 4.69) is 6.92 Å². The van der Waals surface area contributed by atoms with E-state index in [1.165, 1.54) is 0 Å². The highest BCUT2D eigenvalue weighted by atomic mass is 16.5. The number of ether oxygens (including phenoxy) is 2. The molecule has 2 rings (SSSR count). The Morgan fingerprint density at radius 3 is 2.67 bits per heavy atom. The molecule has 1 fully saturated rings. The van der Waals surface area contributed by atoms with Crippen molar-refractivity contribution >= 4 is 5.91 Å². The van der Waals surface area contributed by atoms with Gasteiger partial charge in [0.25, 0.3) is 5.91 Å². The van der Waals surface area contributed by atoms with Crippen molar-refractivity contribution < 1.29 is 14.3 Å². The van der Waals surface area contributed by atoms with Crippen LogP contribution < -0.4 is 4.74 Å². The first kappa shape index (κ1) is 15.8. The SMILES string of the molecule is CCOCc1cc(C(=O)N2CCC(C)CC2)ccc1OC. The highest BCUT2D eigenvalue weighted by Gasteiger charge is 2.22. The zero-order valence-corrected chi connectivity index (χ0v) is 13.2. The zero-order chi connectivity index (χ0) is 15.2. The third kappa shape index (κ3) is 3.97. The molecule has 0 N–H and O–H groups in total.